The molecule has 2 aromatic heterocycles. The number of hydrogen-bond acceptors (Lipinski definition) is 10. The van der Waals surface area contributed by atoms with Gasteiger partial charge in [0.2, 0.25) is 11.6 Å². The van der Waals surface area contributed by atoms with Gasteiger partial charge in [0.15, 0.2) is 5.13 Å². The highest BCUT2D eigenvalue weighted by molar-refractivity contribution is 7.13. The molecule has 0 bridgehead atoms. The smallest absolute Gasteiger partial charge is 0.353 e. The molecule has 0 saturated carbocycles. The lowest BCUT2D eigenvalue weighted by Crippen LogP contribution is -2.47. The predicted octanol–water partition coefficient (Wildman–Crippen LogP) is 2.92. The van der Waals surface area contributed by atoms with Gasteiger partial charge in [-0.2, -0.15) is 0 Å². The number of ether oxygens (including phenoxy) is 1. The quantitative estimate of drug-likeness (QED) is 0.482. The van der Waals surface area contributed by atoms with E-state index >= 15 is 0 Å². The number of benzene rings is 1. The number of nitrogens with zero attached hydrogens (tertiary/aromatic N) is 6. The lowest BCUT2D eigenvalue weighted by Gasteiger charge is -2.36. The molecule has 150 valence electrons. The van der Waals surface area contributed by atoms with Crippen LogP contribution in [-0.2, 0) is 0 Å². The van der Waals surface area contributed by atoms with Crippen molar-refractivity contribution in [3.63, 3.8) is 0 Å². The lowest BCUT2D eigenvalue weighted by molar-refractivity contribution is -0.383. The molecular formula is C18H19N7O3S. The Bertz CT molecular complexity index is 974. The van der Waals surface area contributed by atoms with Crippen LogP contribution in [0, 0.1) is 10.1 Å². The van der Waals surface area contributed by atoms with Crippen LogP contribution >= 0.6 is 11.3 Å². The van der Waals surface area contributed by atoms with E-state index in [4.69, 9.17) is 4.74 Å². The van der Waals surface area contributed by atoms with Gasteiger partial charge >= 0.3 is 5.69 Å². The second-order valence-corrected chi connectivity index (χ2v) is 7.18. The fraction of sp³-hybridized carbons (Fsp3) is 0.278. The number of thiazole rings is 1. The standard InChI is InChI=1S/C18H19N7O3S/c1-28-14-4-2-13(3-5-14)23-7-9-24(10-8-23)17-15(25(26)27)16(20-12-21-17)22-18-19-6-11-29-18/h2-6,11-12H,7-10H2,1H3,(H,19,20,21,22). The molecule has 1 aromatic carbocycles. The highest BCUT2D eigenvalue weighted by Gasteiger charge is 2.29. The Labute approximate surface area is 170 Å². The summed E-state index contributed by atoms with van der Waals surface area (Å²) in [5.74, 6) is 1.27. The molecule has 1 N–H and O–H groups in total. The van der Waals surface area contributed by atoms with Gasteiger partial charge in [0, 0.05) is 43.4 Å². The van der Waals surface area contributed by atoms with E-state index in [1.54, 1.807) is 18.7 Å². The van der Waals surface area contributed by atoms with Gasteiger partial charge in [-0.25, -0.2) is 15.0 Å². The Hall–Kier alpha value is -3.47. The van der Waals surface area contributed by atoms with Crippen LogP contribution in [0.1, 0.15) is 0 Å². The van der Waals surface area contributed by atoms with Crippen LogP contribution in [0.2, 0.25) is 0 Å². The third-order valence-electron chi connectivity index (χ3n) is 4.66. The Morgan fingerprint density at radius 1 is 1.10 bits per heavy atom. The Morgan fingerprint density at radius 2 is 1.83 bits per heavy atom. The number of anilines is 4. The molecule has 0 radical (unpaired) electrons. The number of methoxy groups -OCH3 is 1. The topological polar surface area (TPSA) is 110 Å². The van der Waals surface area contributed by atoms with Gasteiger partial charge in [0.1, 0.15) is 12.1 Å². The molecule has 4 rings (SSSR count). The summed E-state index contributed by atoms with van der Waals surface area (Å²) in [7, 11) is 1.64. The first-order chi connectivity index (χ1) is 14.2. The second kappa shape index (κ2) is 8.27. The van der Waals surface area contributed by atoms with Gasteiger partial charge in [-0.1, -0.05) is 0 Å². The van der Waals surface area contributed by atoms with Crippen molar-refractivity contribution in [3.05, 3.63) is 52.3 Å². The predicted molar refractivity (Wildman–Crippen MR) is 112 cm³/mol. The average molecular weight is 413 g/mol. The summed E-state index contributed by atoms with van der Waals surface area (Å²) < 4.78 is 5.20. The summed E-state index contributed by atoms with van der Waals surface area (Å²) in [6, 6.07) is 7.87. The summed E-state index contributed by atoms with van der Waals surface area (Å²) in [4.78, 5) is 27.9. The van der Waals surface area contributed by atoms with E-state index in [2.05, 4.69) is 25.2 Å². The van der Waals surface area contributed by atoms with Gasteiger partial charge in [-0.15, -0.1) is 11.3 Å². The largest absolute Gasteiger partial charge is 0.497 e. The zero-order chi connectivity index (χ0) is 20.2. The normalized spacial score (nSPS) is 14.0. The minimum atomic E-state index is -0.443. The summed E-state index contributed by atoms with van der Waals surface area (Å²) in [6.45, 7) is 2.67. The van der Waals surface area contributed by atoms with E-state index < -0.39 is 4.92 Å². The molecule has 0 aliphatic carbocycles. The maximum Gasteiger partial charge on any atom is 0.353 e. The van der Waals surface area contributed by atoms with E-state index in [9.17, 15) is 10.1 Å². The third kappa shape index (κ3) is 4.04. The highest BCUT2D eigenvalue weighted by atomic mass is 32.1. The van der Waals surface area contributed by atoms with Crippen LogP contribution in [0.25, 0.3) is 0 Å². The van der Waals surface area contributed by atoms with Crippen LogP contribution in [0.3, 0.4) is 0 Å². The molecule has 3 heterocycles. The van der Waals surface area contributed by atoms with Gasteiger partial charge in [0.25, 0.3) is 0 Å². The maximum absolute atomic E-state index is 11.8. The van der Waals surface area contributed by atoms with E-state index in [1.165, 1.54) is 17.7 Å². The Balaban J connectivity index is 1.52. The number of piperazine rings is 1. The fourth-order valence-electron chi connectivity index (χ4n) is 3.22. The maximum atomic E-state index is 11.8. The monoisotopic (exact) mass is 413 g/mol. The zero-order valence-electron chi connectivity index (χ0n) is 15.7. The van der Waals surface area contributed by atoms with Crippen LogP contribution in [0.5, 0.6) is 5.75 Å². The van der Waals surface area contributed by atoms with Gasteiger partial charge in [-0.3, -0.25) is 10.1 Å². The fourth-order valence-corrected chi connectivity index (χ4v) is 3.74. The molecule has 0 spiro atoms. The first kappa shape index (κ1) is 18.9. The first-order valence-electron chi connectivity index (χ1n) is 8.95. The number of hydrogen-bond donors (Lipinski definition) is 1. The van der Waals surface area contributed by atoms with E-state index in [0.29, 0.717) is 24.0 Å². The minimum absolute atomic E-state index is 0.138. The minimum Gasteiger partial charge on any atom is -0.497 e. The molecule has 11 heteroatoms. The molecule has 0 amide bonds. The lowest BCUT2D eigenvalue weighted by atomic mass is 10.2. The van der Waals surface area contributed by atoms with E-state index in [1.807, 2.05) is 29.2 Å². The summed E-state index contributed by atoms with van der Waals surface area (Å²) in [6.07, 6.45) is 2.97. The Kier molecular flexibility index (Phi) is 5.38. The molecule has 3 aromatic rings. The molecule has 1 fully saturated rings. The van der Waals surface area contributed by atoms with Gasteiger partial charge in [-0.05, 0) is 24.3 Å². The molecule has 29 heavy (non-hydrogen) atoms. The van der Waals surface area contributed by atoms with Crippen molar-refractivity contribution >= 4 is 39.5 Å². The van der Waals surface area contributed by atoms with Gasteiger partial charge in [0.05, 0.1) is 12.0 Å². The van der Waals surface area contributed by atoms with Crippen molar-refractivity contribution in [2.24, 2.45) is 0 Å². The zero-order valence-corrected chi connectivity index (χ0v) is 16.5. The van der Waals surface area contributed by atoms with Crippen LogP contribution < -0.4 is 19.9 Å². The number of nitrogens with one attached hydrogen (secondary N) is 1. The van der Waals surface area contributed by atoms with Crippen molar-refractivity contribution in [1.82, 2.24) is 15.0 Å². The van der Waals surface area contributed by atoms with Crippen molar-refractivity contribution < 1.29 is 9.66 Å². The third-order valence-corrected chi connectivity index (χ3v) is 5.35. The second-order valence-electron chi connectivity index (χ2n) is 6.29. The highest BCUT2D eigenvalue weighted by Crippen LogP contribution is 2.34. The van der Waals surface area contributed by atoms with Crippen molar-refractivity contribution in [2.45, 2.75) is 0 Å². The number of nitro groups is 1. The van der Waals surface area contributed by atoms with Crippen molar-refractivity contribution in [3.8, 4) is 5.75 Å². The molecule has 10 nitrogen and oxygen atoms in total. The molecular weight excluding hydrogens is 394 g/mol. The molecule has 1 aliphatic rings. The number of aromatic nitrogens is 3. The summed E-state index contributed by atoms with van der Waals surface area (Å²) in [5, 5.41) is 17.0. The molecule has 1 aliphatic heterocycles. The Morgan fingerprint density at radius 3 is 2.45 bits per heavy atom. The molecule has 0 unspecified atom stereocenters. The van der Waals surface area contributed by atoms with Crippen LogP contribution in [0.15, 0.2) is 42.2 Å². The van der Waals surface area contributed by atoms with Gasteiger partial charge < -0.3 is 19.9 Å². The first-order valence-corrected chi connectivity index (χ1v) is 9.83. The van der Waals surface area contributed by atoms with Crippen LogP contribution in [0.4, 0.5) is 28.1 Å². The van der Waals surface area contributed by atoms with E-state index in [0.717, 1.165) is 24.5 Å². The molecule has 1 saturated heterocycles. The molecule has 0 atom stereocenters. The van der Waals surface area contributed by atoms with Crippen molar-refractivity contribution in [1.29, 1.82) is 0 Å². The summed E-state index contributed by atoms with van der Waals surface area (Å²) >= 11 is 1.35. The van der Waals surface area contributed by atoms with Crippen LogP contribution in [-0.4, -0.2) is 53.2 Å². The van der Waals surface area contributed by atoms with Crippen molar-refractivity contribution in [2.75, 3.05) is 48.4 Å². The average Bonchev–Trinajstić information content (AvgIpc) is 3.27. The number of rotatable bonds is 6. The SMILES string of the molecule is COc1ccc(N2CCN(c3ncnc(Nc4nccs4)c3[N+](=O)[O-])CC2)cc1. The van der Waals surface area contributed by atoms with E-state index in [-0.39, 0.29) is 11.5 Å². The summed E-state index contributed by atoms with van der Waals surface area (Å²) in [5.41, 5.74) is 0.953.